The highest BCUT2D eigenvalue weighted by molar-refractivity contribution is 8.40. The molecule has 11 heteroatoms. The van der Waals surface area contributed by atoms with E-state index in [2.05, 4.69) is 25.0 Å². The van der Waals surface area contributed by atoms with Crippen molar-refractivity contribution in [2.75, 3.05) is 36.5 Å². The average molecular weight is 533 g/mol. The Bertz CT molecular complexity index is 817. The van der Waals surface area contributed by atoms with Crippen LogP contribution in [-0.2, 0) is 32.4 Å². The van der Waals surface area contributed by atoms with E-state index in [9.17, 15) is 28.8 Å². The summed E-state index contributed by atoms with van der Waals surface area (Å²) in [6.07, 6.45) is 13.4. The first-order valence-corrected chi connectivity index (χ1v) is 17.1. The van der Waals surface area contributed by atoms with E-state index in [0.29, 0.717) is 12.8 Å². The molecule has 0 spiro atoms. The van der Waals surface area contributed by atoms with Crippen molar-refractivity contribution >= 4 is 56.1 Å². The first-order chi connectivity index (χ1) is 16.1. The largest absolute Gasteiger partial charge is 0.291 e. The second-order valence-electron chi connectivity index (χ2n) is 10.3. The minimum Gasteiger partial charge on any atom is -0.291 e. The van der Waals surface area contributed by atoms with E-state index in [1.54, 1.807) is 0 Å². The third-order valence-corrected chi connectivity index (χ3v) is 11.8. The van der Waals surface area contributed by atoms with Gasteiger partial charge in [0.15, 0.2) is 0 Å². The van der Waals surface area contributed by atoms with E-state index in [1.807, 2.05) is 0 Å². The van der Waals surface area contributed by atoms with Gasteiger partial charge in [-0.2, -0.15) is 0 Å². The zero-order valence-corrected chi connectivity index (χ0v) is 23.4. The van der Waals surface area contributed by atoms with Crippen molar-refractivity contribution in [3.05, 3.63) is 0 Å². The Kier molecular flexibility index (Phi) is 10.1. The second kappa shape index (κ2) is 12.0. The molecule has 2 heterocycles. The van der Waals surface area contributed by atoms with Crippen LogP contribution in [0.1, 0.15) is 65.2 Å². The molecule has 2 saturated heterocycles. The summed E-state index contributed by atoms with van der Waals surface area (Å²) >= 11 is 0. The maximum atomic E-state index is 12.2. The number of amides is 6. The van der Waals surface area contributed by atoms with Crippen molar-refractivity contribution in [2.45, 2.75) is 65.2 Å². The van der Waals surface area contributed by atoms with E-state index >= 15 is 0 Å². The van der Waals surface area contributed by atoms with Crippen LogP contribution in [0.2, 0.25) is 0 Å². The lowest BCUT2D eigenvalue weighted by Crippen LogP contribution is -2.34. The van der Waals surface area contributed by atoms with Gasteiger partial charge in [0.1, 0.15) is 0 Å². The maximum Gasteiger partial charge on any atom is 0.239 e. The Hall–Kier alpha value is -1.72. The van der Waals surface area contributed by atoms with Crippen LogP contribution in [0.5, 0.6) is 0 Å². The number of hydrogen-bond acceptors (Lipinski definition) is 7. The fourth-order valence-corrected chi connectivity index (χ4v) is 11.1. The number of imide groups is 6. The Morgan fingerprint density at radius 2 is 1.06 bits per heavy atom. The van der Waals surface area contributed by atoms with Gasteiger partial charge in [-0.3, -0.25) is 32.4 Å². The lowest BCUT2D eigenvalue weighted by molar-refractivity contribution is -0.151. The van der Waals surface area contributed by atoms with Crippen LogP contribution in [0.4, 0.5) is 0 Å². The van der Waals surface area contributed by atoms with Gasteiger partial charge in [-0.15, -0.1) is 20.6 Å². The fraction of sp³-hybridized carbons (Fsp3) is 0.750. The molecule has 2 atom stereocenters. The summed E-state index contributed by atoms with van der Waals surface area (Å²) in [6.45, 7) is 2.48. The molecule has 2 fully saturated rings. The highest BCUT2D eigenvalue weighted by Gasteiger charge is 2.41. The number of unbranched alkanes of at least 4 members (excludes halogenated alkanes) is 2. The van der Waals surface area contributed by atoms with Crippen molar-refractivity contribution in [1.29, 1.82) is 0 Å². The van der Waals surface area contributed by atoms with Gasteiger partial charge in [-0.25, -0.2) is 9.80 Å². The normalized spacial score (nSPS) is 22.3. The molecule has 0 aromatic carbocycles. The predicted octanol–water partition coefficient (Wildman–Crippen LogP) is 3.15. The molecule has 0 radical (unpaired) electrons. The first kappa shape index (κ1) is 29.5. The predicted molar refractivity (Wildman–Crippen MR) is 139 cm³/mol. The molecule has 2 rings (SSSR count). The van der Waals surface area contributed by atoms with Crippen molar-refractivity contribution in [3.8, 4) is 0 Å². The molecule has 200 valence electrons. The van der Waals surface area contributed by atoms with Crippen LogP contribution in [-0.4, -0.2) is 81.8 Å². The summed E-state index contributed by atoms with van der Waals surface area (Å²) < 4.78 is 6.56. The summed E-state index contributed by atoms with van der Waals surface area (Å²) in [5.41, 5.74) is 0. The summed E-state index contributed by atoms with van der Waals surface area (Å²) in [6, 6.07) is 0. The maximum absolute atomic E-state index is 12.2. The van der Waals surface area contributed by atoms with Gasteiger partial charge < -0.3 is 0 Å². The van der Waals surface area contributed by atoms with E-state index < -0.39 is 56.1 Å². The first-order valence-electron chi connectivity index (χ1n) is 12.0. The number of hydrogen-bond donors (Lipinski definition) is 0. The van der Waals surface area contributed by atoms with Crippen molar-refractivity contribution in [1.82, 2.24) is 9.80 Å². The highest BCUT2D eigenvalue weighted by atomic mass is 32.3. The van der Waals surface area contributed by atoms with Gasteiger partial charge in [0.2, 0.25) is 35.4 Å². The van der Waals surface area contributed by atoms with Crippen LogP contribution < -0.4 is 0 Å². The average Bonchev–Trinajstić information content (AvgIpc) is 3.15. The summed E-state index contributed by atoms with van der Waals surface area (Å²) in [4.78, 5) is 72.7. The number of likely N-dealkylation sites (tertiary alicyclic amines) is 2. The molecule has 2 unspecified atom stereocenters. The molecule has 0 N–H and O–H groups in total. The van der Waals surface area contributed by atoms with Crippen LogP contribution in [0.3, 0.4) is 0 Å². The Morgan fingerprint density at radius 1 is 0.714 bits per heavy atom. The zero-order valence-electron chi connectivity index (χ0n) is 21.8. The zero-order chi connectivity index (χ0) is 26.6. The molecule has 0 aliphatic carbocycles. The monoisotopic (exact) mass is 532 g/mol. The van der Waals surface area contributed by atoms with Crippen LogP contribution in [0.15, 0.2) is 0 Å². The van der Waals surface area contributed by atoms with Crippen LogP contribution in [0, 0.1) is 11.8 Å². The quantitative estimate of drug-likeness (QED) is 0.280. The lowest BCUT2D eigenvalue weighted by Gasteiger charge is -2.43. The minimum absolute atomic E-state index is 0.121. The van der Waals surface area contributed by atoms with Gasteiger partial charge >= 0.3 is 0 Å². The highest BCUT2D eigenvalue weighted by Crippen LogP contribution is 2.58. The molecule has 2 aliphatic heterocycles. The van der Waals surface area contributed by atoms with E-state index in [1.165, 1.54) is 13.8 Å². The van der Waals surface area contributed by atoms with Crippen LogP contribution in [0.25, 0.3) is 0 Å². The molecular formula is C24H40N2O7S2. The van der Waals surface area contributed by atoms with Crippen molar-refractivity contribution in [2.24, 2.45) is 11.8 Å². The molecule has 9 nitrogen and oxygen atoms in total. The molecule has 2 aliphatic rings. The number of carbonyl (C=O) groups is 6. The Balaban J connectivity index is 1.69. The minimum atomic E-state index is -1.29. The number of nitrogens with zero attached hydrogens (tertiary/aromatic N) is 2. The van der Waals surface area contributed by atoms with Crippen molar-refractivity contribution < 1.29 is 32.4 Å². The molecule has 0 bridgehead atoms. The lowest BCUT2D eigenvalue weighted by atomic mass is 10.0. The Labute approximate surface area is 211 Å². The summed E-state index contributed by atoms with van der Waals surface area (Å²) in [5.74, 6) is -1.53. The van der Waals surface area contributed by atoms with Crippen molar-refractivity contribution in [3.63, 3.8) is 0 Å². The van der Waals surface area contributed by atoms with Gasteiger partial charge in [-0.05, 0) is 62.2 Å². The fourth-order valence-electron chi connectivity index (χ4n) is 4.75. The van der Waals surface area contributed by atoms with Gasteiger partial charge in [0.25, 0.3) is 0 Å². The number of rotatable bonds is 12. The van der Waals surface area contributed by atoms with Gasteiger partial charge in [0.05, 0.1) is 0 Å². The standard InChI is InChI=1S/C24H40N2O7S2/c1-17(27)25-21(29)15-19(23(25)31)11-7-9-13-34(3,4)33-35(5,6)14-10-8-12-20-16-22(30)26(18(2)28)24(20)32/h19-20H,7-16H2,1-6H3. The second-order valence-corrected chi connectivity index (χ2v) is 17.4. The van der Waals surface area contributed by atoms with E-state index in [4.69, 9.17) is 3.63 Å². The van der Waals surface area contributed by atoms with E-state index in [0.717, 1.165) is 47.0 Å². The van der Waals surface area contributed by atoms with Gasteiger partial charge in [-0.1, -0.05) is 12.8 Å². The summed E-state index contributed by atoms with van der Waals surface area (Å²) in [5, 5.41) is 0. The van der Waals surface area contributed by atoms with Crippen LogP contribution >= 0.6 is 20.6 Å². The topological polar surface area (TPSA) is 118 Å². The SMILES string of the molecule is CC(=O)N1C(=O)CC(CCCCS(C)(C)OS(C)(C)CCCCC2CC(=O)N(C(C)=O)C2=O)C1=O. The molecule has 0 aromatic heterocycles. The Morgan fingerprint density at radius 3 is 1.34 bits per heavy atom. The van der Waals surface area contributed by atoms with E-state index in [-0.39, 0.29) is 24.7 Å². The molecular weight excluding hydrogens is 492 g/mol. The third-order valence-electron chi connectivity index (χ3n) is 6.36. The molecule has 0 aromatic rings. The molecule has 0 saturated carbocycles. The molecule has 6 amide bonds. The summed E-state index contributed by atoms with van der Waals surface area (Å²) in [7, 11) is -2.58. The van der Waals surface area contributed by atoms with Gasteiger partial charge in [0, 0.05) is 38.5 Å². The smallest absolute Gasteiger partial charge is 0.239 e. The third kappa shape index (κ3) is 8.15. The number of carbonyl (C=O) groups excluding carboxylic acids is 6. The molecule has 35 heavy (non-hydrogen) atoms.